The van der Waals surface area contributed by atoms with E-state index in [0.29, 0.717) is 0 Å². The summed E-state index contributed by atoms with van der Waals surface area (Å²) in [6.45, 7) is 1.62. The topological polar surface area (TPSA) is 50.8 Å². The van der Waals surface area contributed by atoms with Crippen molar-refractivity contribution in [1.29, 1.82) is 0 Å². The Kier molecular flexibility index (Phi) is 4.84. The molecule has 1 saturated heterocycles. The first-order valence-corrected chi connectivity index (χ1v) is 6.85. The number of rotatable bonds is 6. The molecule has 1 heterocycles. The number of ether oxygens (including phenoxy) is 2. The highest BCUT2D eigenvalue weighted by Gasteiger charge is 2.27. The quantitative estimate of drug-likeness (QED) is 0.845. The van der Waals surface area contributed by atoms with Crippen molar-refractivity contribution >= 4 is 5.91 Å². The number of amides is 1. The Morgan fingerprint density at radius 3 is 2.65 bits per heavy atom. The molecule has 1 aromatic rings. The smallest absolute Gasteiger partial charge is 0.239 e. The van der Waals surface area contributed by atoms with Crippen LogP contribution < -0.4 is 14.8 Å². The fourth-order valence-electron chi connectivity index (χ4n) is 2.44. The monoisotopic (exact) mass is 278 g/mol. The maximum atomic E-state index is 11.8. The van der Waals surface area contributed by atoms with E-state index in [-0.39, 0.29) is 11.9 Å². The van der Waals surface area contributed by atoms with Crippen LogP contribution >= 0.6 is 0 Å². The highest BCUT2D eigenvalue weighted by Crippen LogP contribution is 2.27. The third-order valence-corrected chi connectivity index (χ3v) is 3.68. The summed E-state index contributed by atoms with van der Waals surface area (Å²) in [4.78, 5) is 13.5. The number of methoxy groups -OCH3 is 2. The van der Waals surface area contributed by atoms with Crippen LogP contribution in [-0.2, 0) is 11.2 Å². The summed E-state index contributed by atoms with van der Waals surface area (Å²) in [6, 6.07) is 5.87. The lowest BCUT2D eigenvalue weighted by Gasteiger charge is -2.13. The highest BCUT2D eigenvalue weighted by molar-refractivity contribution is 5.83. The molecule has 1 aromatic carbocycles. The zero-order chi connectivity index (χ0) is 14.5. The Labute approximate surface area is 119 Å². The van der Waals surface area contributed by atoms with Gasteiger partial charge >= 0.3 is 0 Å². The van der Waals surface area contributed by atoms with E-state index in [1.54, 1.807) is 19.1 Å². The molecule has 0 aromatic heterocycles. The SMILES string of the molecule is COc1ccc(CCNC2CCN(C)C2=O)cc1OC. The van der Waals surface area contributed by atoms with Gasteiger partial charge in [0.2, 0.25) is 5.91 Å². The number of benzene rings is 1. The zero-order valence-electron chi connectivity index (χ0n) is 12.3. The van der Waals surface area contributed by atoms with Crippen LogP contribution in [0.25, 0.3) is 0 Å². The predicted octanol–water partition coefficient (Wildman–Crippen LogP) is 1.07. The molecule has 0 bridgehead atoms. The Morgan fingerprint density at radius 1 is 1.30 bits per heavy atom. The lowest BCUT2D eigenvalue weighted by atomic mass is 10.1. The van der Waals surface area contributed by atoms with Crippen molar-refractivity contribution in [2.24, 2.45) is 0 Å². The van der Waals surface area contributed by atoms with Crippen molar-refractivity contribution in [1.82, 2.24) is 10.2 Å². The average molecular weight is 278 g/mol. The van der Waals surface area contributed by atoms with E-state index in [1.807, 2.05) is 25.2 Å². The maximum Gasteiger partial charge on any atom is 0.239 e. The van der Waals surface area contributed by atoms with Gasteiger partial charge in [-0.25, -0.2) is 0 Å². The van der Waals surface area contributed by atoms with Gasteiger partial charge in [0.25, 0.3) is 0 Å². The van der Waals surface area contributed by atoms with Gasteiger partial charge in [-0.3, -0.25) is 4.79 Å². The summed E-state index contributed by atoms with van der Waals surface area (Å²) in [7, 11) is 5.10. The van der Waals surface area contributed by atoms with E-state index < -0.39 is 0 Å². The number of nitrogens with one attached hydrogen (secondary N) is 1. The molecular weight excluding hydrogens is 256 g/mol. The van der Waals surface area contributed by atoms with E-state index >= 15 is 0 Å². The van der Waals surface area contributed by atoms with Crippen molar-refractivity contribution < 1.29 is 14.3 Å². The minimum absolute atomic E-state index is 0.0276. The normalized spacial score (nSPS) is 18.4. The summed E-state index contributed by atoms with van der Waals surface area (Å²) < 4.78 is 10.5. The number of hydrogen-bond donors (Lipinski definition) is 1. The fraction of sp³-hybridized carbons (Fsp3) is 0.533. The van der Waals surface area contributed by atoms with Gasteiger partial charge in [-0.15, -0.1) is 0 Å². The molecule has 1 aliphatic rings. The van der Waals surface area contributed by atoms with E-state index in [2.05, 4.69) is 5.32 Å². The fourth-order valence-corrected chi connectivity index (χ4v) is 2.44. The van der Waals surface area contributed by atoms with Gasteiger partial charge in [0, 0.05) is 13.6 Å². The highest BCUT2D eigenvalue weighted by atomic mass is 16.5. The summed E-state index contributed by atoms with van der Waals surface area (Å²) in [5, 5.41) is 3.31. The van der Waals surface area contributed by atoms with Crippen LogP contribution in [0.5, 0.6) is 11.5 Å². The second-order valence-electron chi connectivity index (χ2n) is 4.99. The van der Waals surface area contributed by atoms with Gasteiger partial charge in [0.1, 0.15) is 0 Å². The van der Waals surface area contributed by atoms with Gasteiger partial charge in [-0.2, -0.15) is 0 Å². The first kappa shape index (κ1) is 14.7. The average Bonchev–Trinajstić information content (AvgIpc) is 2.79. The Bertz CT molecular complexity index is 476. The minimum atomic E-state index is -0.0276. The molecule has 1 amide bonds. The molecule has 0 radical (unpaired) electrons. The zero-order valence-corrected chi connectivity index (χ0v) is 12.3. The number of carbonyl (C=O) groups is 1. The van der Waals surface area contributed by atoms with Crippen LogP contribution in [0.4, 0.5) is 0 Å². The molecule has 110 valence electrons. The number of hydrogen-bond acceptors (Lipinski definition) is 4. The van der Waals surface area contributed by atoms with Crippen LogP contribution in [0.15, 0.2) is 18.2 Å². The van der Waals surface area contributed by atoms with E-state index in [4.69, 9.17) is 9.47 Å². The molecule has 2 rings (SSSR count). The van der Waals surface area contributed by atoms with Crippen LogP contribution in [0.1, 0.15) is 12.0 Å². The second-order valence-corrected chi connectivity index (χ2v) is 4.99. The van der Waals surface area contributed by atoms with Gasteiger partial charge in [-0.1, -0.05) is 6.07 Å². The van der Waals surface area contributed by atoms with Crippen molar-refractivity contribution in [3.8, 4) is 11.5 Å². The van der Waals surface area contributed by atoms with Gasteiger partial charge in [-0.05, 0) is 37.1 Å². The Balaban J connectivity index is 1.87. The molecule has 0 saturated carbocycles. The first-order chi connectivity index (χ1) is 9.65. The summed E-state index contributed by atoms with van der Waals surface area (Å²) in [5.74, 6) is 1.66. The molecule has 0 spiro atoms. The Morgan fingerprint density at radius 2 is 2.05 bits per heavy atom. The van der Waals surface area contributed by atoms with Gasteiger partial charge in [0.15, 0.2) is 11.5 Å². The van der Waals surface area contributed by atoms with E-state index in [0.717, 1.165) is 43.0 Å². The van der Waals surface area contributed by atoms with E-state index in [1.165, 1.54) is 0 Å². The third-order valence-electron chi connectivity index (χ3n) is 3.68. The Hall–Kier alpha value is -1.75. The lowest BCUT2D eigenvalue weighted by Crippen LogP contribution is -2.37. The largest absolute Gasteiger partial charge is 0.493 e. The summed E-state index contributed by atoms with van der Waals surface area (Å²) >= 11 is 0. The van der Waals surface area contributed by atoms with Crippen LogP contribution in [-0.4, -0.2) is 51.2 Å². The molecule has 1 fully saturated rings. The molecule has 0 aliphatic carbocycles. The molecule has 5 nitrogen and oxygen atoms in total. The van der Waals surface area contributed by atoms with E-state index in [9.17, 15) is 4.79 Å². The van der Waals surface area contributed by atoms with Crippen molar-refractivity contribution in [2.45, 2.75) is 18.9 Å². The third kappa shape index (κ3) is 3.22. The summed E-state index contributed by atoms with van der Waals surface area (Å²) in [5.41, 5.74) is 1.16. The molecule has 20 heavy (non-hydrogen) atoms. The molecule has 1 atom stereocenters. The second kappa shape index (κ2) is 6.61. The molecule has 5 heteroatoms. The van der Waals surface area contributed by atoms with Gasteiger partial charge < -0.3 is 19.7 Å². The standard InChI is InChI=1S/C15H22N2O3/c1-17-9-7-12(15(17)18)16-8-6-11-4-5-13(19-2)14(10-11)20-3/h4-5,10,12,16H,6-9H2,1-3H3. The minimum Gasteiger partial charge on any atom is -0.493 e. The first-order valence-electron chi connectivity index (χ1n) is 6.85. The predicted molar refractivity (Wildman–Crippen MR) is 77.3 cm³/mol. The van der Waals surface area contributed by atoms with Crippen molar-refractivity contribution in [2.75, 3.05) is 34.4 Å². The van der Waals surface area contributed by atoms with Crippen molar-refractivity contribution in [3.05, 3.63) is 23.8 Å². The molecule has 1 unspecified atom stereocenters. The van der Waals surface area contributed by atoms with Crippen LogP contribution in [0.2, 0.25) is 0 Å². The van der Waals surface area contributed by atoms with Gasteiger partial charge in [0.05, 0.1) is 20.3 Å². The number of likely N-dealkylation sites (tertiary alicyclic amines) is 1. The van der Waals surface area contributed by atoms with Crippen LogP contribution in [0, 0.1) is 0 Å². The molecule has 1 N–H and O–H groups in total. The van der Waals surface area contributed by atoms with Crippen LogP contribution in [0.3, 0.4) is 0 Å². The number of nitrogens with zero attached hydrogens (tertiary/aromatic N) is 1. The van der Waals surface area contributed by atoms with Crippen molar-refractivity contribution in [3.63, 3.8) is 0 Å². The summed E-state index contributed by atoms with van der Waals surface area (Å²) in [6.07, 6.45) is 1.75. The maximum absolute atomic E-state index is 11.8. The molecular formula is C15H22N2O3. The number of likely N-dealkylation sites (N-methyl/N-ethyl adjacent to an activating group) is 1. The molecule has 1 aliphatic heterocycles. The number of carbonyl (C=O) groups excluding carboxylic acids is 1. The lowest BCUT2D eigenvalue weighted by molar-refractivity contribution is -0.128.